The molecule has 0 atom stereocenters. The summed E-state index contributed by atoms with van der Waals surface area (Å²) in [6.45, 7) is -2.02. The number of alkyl halides is 5. The van der Waals surface area contributed by atoms with Crippen LogP contribution in [0, 0.1) is 5.21 Å². The number of carbonyl (C=O) groups excluding carboxylic acids is 1. The van der Waals surface area contributed by atoms with Crippen LogP contribution in [0.5, 0.6) is 0 Å². The first-order valence-corrected chi connectivity index (χ1v) is 11.7. The summed E-state index contributed by atoms with van der Waals surface area (Å²) < 4.78 is 67.3. The number of amides is 1. The predicted octanol–water partition coefficient (Wildman–Crippen LogP) is 3.10. The van der Waals surface area contributed by atoms with E-state index in [2.05, 4.69) is 20.6 Å². The number of halogens is 6. The number of hydrogen-bond donors (Lipinski definition) is 2. The Morgan fingerprint density at radius 1 is 1.16 bits per heavy atom. The lowest BCUT2D eigenvalue weighted by Gasteiger charge is -2.17. The second-order valence-corrected chi connectivity index (χ2v) is 8.82. The first-order chi connectivity index (χ1) is 17.4. The van der Waals surface area contributed by atoms with Crippen molar-refractivity contribution in [3.8, 4) is 0 Å². The van der Waals surface area contributed by atoms with Crippen LogP contribution in [0.25, 0.3) is 0 Å². The van der Waals surface area contributed by atoms with Crippen molar-refractivity contribution in [1.82, 2.24) is 19.9 Å². The minimum atomic E-state index is -4.40. The third kappa shape index (κ3) is 7.76. The average Bonchev–Trinajstić information content (AvgIpc) is 2.83. The Hall–Kier alpha value is -3.46. The Morgan fingerprint density at radius 3 is 2.62 bits per heavy atom. The average molecular weight is 565 g/mol. The van der Waals surface area contributed by atoms with Crippen molar-refractivity contribution in [2.24, 2.45) is 0 Å². The summed E-state index contributed by atoms with van der Waals surface area (Å²) in [5, 5.41) is 16.0. The molecule has 0 bridgehead atoms. The number of nitrogens with one attached hydrogen (secondary N) is 2. The van der Waals surface area contributed by atoms with Gasteiger partial charge in [0.1, 0.15) is 11.7 Å². The molecule has 0 aliphatic rings. The van der Waals surface area contributed by atoms with Gasteiger partial charge >= 0.3 is 12.1 Å². The fourth-order valence-corrected chi connectivity index (χ4v) is 3.93. The summed E-state index contributed by atoms with van der Waals surface area (Å²) in [4.78, 5) is 33.0. The van der Waals surface area contributed by atoms with Gasteiger partial charge in [-0.25, -0.2) is 4.98 Å². The maximum atomic E-state index is 14.5. The lowest BCUT2D eigenvalue weighted by molar-refractivity contribution is -0.624. The van der Waals surface area contributed by atoms with E-state index in [0.29, 0.717) is 11.8 Å². The molecule has 0 aliphatic heterocycles. The van der Waals surface area contributed by atoms with Crippen molar-refractivity contribution >= 4 is 35.1 Å². The van der Waals surface area contributed by atoms with Gasteiger partial charge in [-0.15, -0.1) is 11.8 Å². The molecule has 0 spiro atoms. The second kappa shape index (κ2) is 11.7. The van der Waals surface area contributed by atoms with Gasteiger partial charge in [-0.1, -0.05) is 11.6 Å². The summed E-state index contributed by atoms with van der Waals surface area (Å²) >= 11 is 6.47. The highest BCUT2D eigenvalue weighted by molar-refractivity contribution is 7.99. The van der Waals surface area contributed by atoms with Crippen LogP contribution in [0.2, 0.25) is 5.15 Å². The van der Waals surface area contributed by atoms with Crippen LogP contribution in [-0.4, -0.2) is 38.9 Å². The van der Waals surface area contributed by atoms with Crippen molar-refractivity contribution in [3.63, 3.8) is 0 Å². The molecule has 3 heterocycles. The molecule has 16 heteroatoms. The van der Waals surface area contributed by atoms with Gasteiger partial charge in [0.2, 0.25) is 5.91 Å². The lowest BCUT2D eigenvalue weighted by atomic mass is 10.2. The molecule has 0 unspecified atom stereocenters. The van der Waals surface area contributed by atoms with Crippen LogP contribution in [0.1, 0.15) is 11.4 Å². The van der Waals surface area contributed by atoms with Crippen LogP contribution < -0.4 is 20.9 Å². The summed E-state index contributed by atoms with van der Waals surface area (Å²) in [6.07, 6.45) is -1.18. The summed E-state index contributed by atoms with van der Waals surface area (Å²) in [5.74, 6) is -6.10. The van der Waals surface area contributed by atoms with Crippen molar-refractivity contribution < 1.29 is 31.5 Å². The van der Waals surface area contributed by atoms with Gasteiger partial charge in [-0.2, -0.15) is 26.7 Å². The van der Waals surface area contributed by atoms with Gasteiger partial charge in [-0.3, -0.25) is 19.1 Å². The quantitative estimate of drug-likeness (QED) is 0.168. The monoisotopic (exact) mass is 564 g/mol. The highest BCUT2D eigenvalue weighted by Gasteiger charge is 2.39. The van der Waals surface area contributed by atoms with E-state index in [9.17, 15) is 36.7 Å². The Labute approximate surface area is 215 Å². The van der Waals surface area contributed by atoms with Crippen LogP contribution in [0.15, 0.2) is 58.6 Å². The molecule has 3 aromatic heterocycles. The third-order valence-electron chi connectivity index (χ3n) is 4.68. The fourth-order valence-electron chi connectivity index (χ4n) is 2.96. The van der Waals surface area contributed by atoms with Gasteiger partial charge in [0.05, 0.1) is 30.7 Å². The van der Waals surface area contributed by atoms with Gasteiger partial charge < -0.3 is 15.8 Å². The molecule has 0 saturated carbocycles. The fraction of sp³-hybridized carbons (Fsp3) is 0.286. The smallest absolute Gasteiger partial charge is 0.398 e. The number of nitrogens with zero attached hydrogens (tertiary/aromatic N) is 4. The Bertz CT molecular complexity index is 1320. The molecule has 2 N–H and O–H groups in total. The molecule has 0 radical (unpaired) electrons. The summed E-state index contributed by atoms with van der Waals surface area (Å²) in [7, 11) is 0. The van der Waals surface area contributed by atoms with Crippen molar-refractivity contribution in [2.45, 2.75) is 30.1 Å². The molecule has 0 aromatic carbocycles. The third-order valence-corrected chi connectivity index (χ3v) is 6.13. The van der Waals surface area contributed by atoms with Gasteiger partial charge in [0, 0.05) is 23.2 Å². The second-order valence-electron chi connectivity index (χ2n) is 7.42. The zero-order valence-corrected chi connectivity index (χ0v) is 20.2. The Kier molecular flexibility index (Phi) is 8.91. The topological polar surface area (TPSA) is 116 Å². The van der Waals surface area contributed by atoms with Gasteiger partial charge in [-0.05, 0) is 18.2 Å². The molecule has 198 valence electrons. The van der Waals surface area contributed by atoms with Crippen molar-refractivity contribution in [3.05, 3.63) is 81.0 Å². The summed E-state index contributed by atoms with van der Waals surface area (Å²) in [6, 6.07) is 6.34. The maximum Gasteiger partial charge on any atom is 0.398 e. The number of pyridine rings is 2. The number of hydrogen-bond acceptors (Lipinski definition) is 7. The van der Waals surface area contributed by atoms with E-state index in [4.69, 9.17) is 11.6 Å². The molecule has 3 rings (SSSR count). The lowest BCUT2D eigenvalue weighted by Crippen LogP contribution is -2.41. The molecular weight excluding hydrogens is 547 g/mol. The predicted molar refractivity (Wildman–Crippen MR) is 124 cm³/mol. The first kappa shape index (κ1) is 28.1. The number of rotatable bonds is 10. The minimum Gasteiger partial charge on any atom is -0.618 e. The van der Waals surface area contributed by atoms with Gasteiger partial charge in [0.15, 0.2) is 12.0 Å². The Morgan fingerprint density at radius 2 is 1.92 bits per heavy atom. The van der Waals surface area contributed by atoms with E-state index < -0.39 is 53.9 Å². The molecule has 3 aromatic rings. The zero-order chi connectivity index (χ0) is 27.2. The molecular formula is C21H18ClF5N6O3S. The largest absolute Gasteiger partial charge is 0.618 e. The zero-order valence-electron chi connectivity index (χ0n) is 18.6. The van der Waals surface area contributed by atoms with E-state index >= 15 is 0 Å². The highest BCUT2D eigenvalue weighted by Crippen LogP contribution is 2.29. The normalized spacial score (nSPS) is 11.8. The van der Waals surface area contributed by atoms with E-state index in [1.807, 2.05) is 0 Å². The molecule has 1 amide bonds. The number of thioether (sulfide) groups is 1. The number of anilines is 1. The van der Waals surface area contributed by atoms with Crippen LogP contribution in [-0.2, 0) is 23.8 Å². The van der Waals surface area contributed by atoms with Crippen LogP contribution >= 0.6 is 23.4 Å². The minimum absolute atomic E-state index is 0.00572. The van der Waals surface area contributed by atoms with Crippen molar-refractivity contribution in [1.29, 1.82) is 0 Å². The summed E-state index contributed by atoms with van der Waals surface area (Å²) in [5.41, 5.74) is -1.65. The molecule has 0 fully saturated rings. The maximum absolute atomic E-state index is 14.5. The number of carbonyl (C=O) groups is 1. The molecule has 37 heavy (non-hydrogen) atoms. The van der Waals surface area contributed by atoms with Crippen LogP contribution in [0.3, 0.4) is 0 Å². The van der Waals surface area contributed by atoms with Crippen LogP contribution in [0.4, 0.5) is 27.8 Å². The number of aromatic nitrogens is 4. The van der Waals surface area contributed by atoms with E-state index in [1.165, 1.54) is 30.5 Å². The molecule has 0 saturated heterocycles. The SMILES string of the molecule is O=C(Cn1c(Cl)cnc(NCC(F)(F)c2cccc[n+]2[O-])c1=O)NCc1ncccc1SCC(F)(F)F. The van der Waals surface area contributed by atoms with Crippen molar-refractivity contribution in [2.75, 3.05) is 17.6 Å². The van der Waals surface area contributed by atoms with E-state index in [1.54, 1.807) is 0 Å². The first-order valence-electron chi connectivity index (χ1n) is 10.3. The Balaban J connectivity index is 1.67. The van der Waals surface area contributed by atoms with E-state index in [-0.39, 0.29) is 27.0 Å². The van der Waals surface area contributed by atoms with E-state index in [0.717, 1.165) is 23.0 Å². The molecule has 9 nitrogen and oxygen atoms in total. The highest BCUT2D eigenvalue weighted by atomic mass is 35.5. The van der Waals surface area contributed by atoms with Gasteiger partial charge in [0.25, 0.3) is 11.3 Å². The molecule has 0 aliphatic carbocycles. The standard InChI is InChI=1S/C21H18ClF5N6O3S/c22-16-9-30-18(31-11-20(23,24)15-5-1-2-7-33(15)36)19(35)32(16)10-17(34)29-8-13-14(4-3-6-28-13)37-12-21(25,26)27/h1-7,9H,8,10-12H2,(H,29,34)(H,30,31).